The zero-order chi connectivity index (χ0) is 13.5. The Morgan fingerprint density at radius 3 is 2.84 bits per heavy atom. The van der Waals surface area contributed by atoms with Gasteiger partial charge in [-0.25, -0.2) is 0 Å². The van der Waals surface area contributed by atoms with Gasteiger partial charge < -0.3 is 15.0 Å². The van der Waals surface area contributed by atoms with Crippen molar-refractivity contribution in [1.29, 1.82) is 0 Å². The highest BCUT2D eigenvalue weighted by atomic mass is 16.5. The highest BCUT2D eigenvalue weighted by Gasteiger charge is 2.15. The van der Waals surface area contributed by atoms with Crippen molar-refractivity contribution in [2.24, 2.45) is 5.73 Å². The topological polar surface area (TPSA) is 74.2 Å². The number of hydrogen-bond acceptors (Lipinski definition) is 5. The summed E-state index contributed by atoms with van der Waals surface area (Å²) in [4.78, 5) is 4.30. The predicted octanol–water partition coefficient (Wildman–Crippen LogP) is 1.89. The maximum Gasteiger partial charge on any atom is 0.243 e. The number of nitrogens with zero attached hydrogens (tertiary/aromatic N) is 2. The predicted molar refractivity (Wildman–Crippen MR) is 71.6 cm³/mol. The van der Waals surface area contributed by atoms with Gasteiger partial charge in [0.25, 0.3) is 0 Å². The van der Waals surface area contributed by atoms with Crippen LogP contribution in [-0.2, 0) is 17.6 Å². The number of nitrogens with two attached hydrogens (primary N) is 1. The molecule has 1 aromatic heterocycles. The van der Waals surface area contributed by atoms with Gasteiger partial charge in [0.05, 0.1) is 12.6 Å². The van der Waals surface area contributed by atoms with E-state index in [0.717, 1.165) is 5.56 Å². The van der Waals surface area contributed by atoms with E-state index in [-0.39, 0.29) is 6.04 Å². The second-order valence-electron chi connectivity index (χ2n) is 4.29. The minimum Gasteiger partial charge on any atom is -0.381 e. The second kappa shape index (κ2) is 7.01. The van der Waals surface area contributed by atoms with E-state index in [9.17, 15) is 0 Å². The molecular weight excluding hydrogens is 242 g/mol. The van der Waals surface area contributed by atoms with E-state index in [1.807, 2.05) is 37.3 Å². The summed E-state index contributed by atoms with van der Waals surface area (Å²) < 4.78 is 10.4. The minimum absolute atomic E-state index is 0.268. The van der Waals surface area contributed by atoms with Gasteiger partial charge in [-0.3, -0.25) is 0 Å². The lowest BCUT2D eigenvalue weighted by Gasteiger charge is -2.05. The lowest BCUT2D eigenvalue weighted by atomic mass is 10.1. The molecule has 5 nitrogen and oxygen atoms in total. The van der Waals surface area contributed by atoms with Crippen molar-refractivity contribution in [3.8, 4) is 0 Å². The first kappa shape index (κ1) is 13.7. The van der Waals surface area contributed by atoms with E-state index in [1.165, 1.54) is 0 Å². The third-order valence-corrected chi connectivity index (χ3v) is 2.77. The van der Waals surface area contributed by atoms with Crippen LogP contribution in [0.1, 0.15) is 30.2 Å². The van der Waals surface area contributed by atoms with Crippen molar-refractivity contribution in [3.05, 3.63) is 47.6 Å². The zero-order valence-electron chi connectivity index (χ0n) is 11.1. The molecule has 2 rings (SSSR count). The third kappa shape index (κ3) is 4.15. The first-order chi connectivity index (χ1) is 9.29. The summed E-state index contributed by atoms with van der Waals surface area (Å²) in [5.74, 6) is 1.13. The number of rotatable bonds is 7. The molecule has 0 aliphatic rings. The molecule has 0 radical (unpaired) electrons. The molecule has 2 aromatic rings. The van der Waals surface area contributed by atoms with E-state index in [4.69, 9.17) is 15.0 Å². The Labute approximate surface area is 112 Å². The van der Waals surface area contributed by atoms with Crippen LogP contribution in [0.3, 0.4) is 0 Å². The van der Waals surface area contributed by atoms with Crippen molar-refractivity contribution < 1.29 is 9.26 Å². The van der Waals surface area contributed by atoms with E-state index in [0.29, 0.717) is 37.8 Å². The Kier molecular flexibility index (Phi) is 5.06. The fourth-order valence-electron chi connectivity index (χ4n) is 1.78. The van der Waals surface area contributed by atoms with E-state index < -0.39 is 0 Å². The summed E-state index contributed by atoms with van der Waals surface area (Å²) in [7, 11) is 0. The Hall–Kier alpha value is -1.72. The SMILES string of the molecule is CCOCCc1noc([C@@H](N)Cc2ccccc2)n1. The molecule has 0 spiro atoms. The van der Waals surface area contributed by atoms with E-state index >= 15 is 0 Å². The first-order valence-corrected chi connectivity index (χ1v) is 6.49. The van der Waals surface area contributed by atoms with Crippen LogP contribution < -0.4 is 5.73 Å². The number of benzene rings is 1. The van der Waals surface area contributed by atoms with Crippen LogP contribution in [0.15, 0.2) is 34.9 Å². The van der Waals surface area contributed by atoms with Crippen LogP contribution in [0.4, 0.5) is 0 Å². The largest absolute Gasteiger partial charge is 0.381 e. The Morgan fingerprint density at radius 1 is 1.32 bits per heavy atom. The molecule has 102 valence electrons. The fourth-order valence-corrected chi connectivity index (χ4v) is 1.78. The Bertz CT molecular complexity index is 484. The molecule has 1 heterocycles. The van der Waals surface area contributed by atoms with E-state index in [2.05, 4.69) is 10.1 Å². The van der Waals surface area contributed by atoms with E-state index in [1.54, 1.807) is 0 Å². The summed E-state index contributed by atoms with van der Waals surface area (Å²) in [5, 5.41) is 3.90. The highest BCUT2D eigenvalue weighted by Crippen LogP contribution is 2.14. The molecule has 1 aromatic carbocycles. The van der Waals surface area contributed by atoms with Gasteiger partial charge in [-0.2, -0.15) is 4.98 Å². The first-order valence-electron chi connectivity index (χ1n) is 6.49. The van der Waals surface area contributed by atoms with Crippen LogP contribution in [0.25, 0.3) is 0 Å². The van der Waals surface area contributed by atoms with Gasteiger partial charge in [-0.1, -0.05) is 35.5 Å². The zero-order valence-corrected chi connectivity index (χ0v) is 11.1. The molecule has 0 amide bonds. The molecule has 0 bridgehead atoms. The van der Waals surface area contributed by atoms with Gasteiger partial charge in [0.1, 0.15) is 0 Å². The van der Waals surface area contributed by atoms with Crippen LogP contribution >= 0.6 is 0 Å². The maximum atomic E-state index is 6.07. The van der Waals surface area contributed by atoms with Crippen LogP contribution in [0, 0.1) is 0 Å². The summed E-state index contributed by atoms with van der Waals surface area (Å²) in [5.41, 5.74) is 7.22. The summed E-state index contributed by atoms with van der Waals surface area (Å²) in [6.45, 7) is 3.25. The Balaban J connectivity index is 1.90. The van der Waals surface area contributed by atoms with Gasteiger partial charge in [-0.15, -0.1) is 0 Å². The van der Waals surface area contributed by atoms with Crippen molar-refractivity contribution in [2.75, 3.05) is 13.2 Å². The van der Waals surface area contributed by atoms with Crippen molar-refractivity contribution in [2.45, 2.75) is 25.8 Å². The lowest BCUT2D eigenvalue weighted by molar-refractivity contribution is 0.149. The lowest BCUT2D eigenvalue weighted by Crippen LogP contribution is -2.14. The molecule has 5 heteroatoms. The van der Waals surface area contributed by atoms with Gasteiger partial charge in [0.2, 0.25) is 5.89 Å². The van der Waals surface area contributed by atoms with Crippen LogP contribution in [-0.4, -0.2) is 23.4 Å². The van der Waals surface area contributed by atoms with Crippen molar-refractivity contribution in [1.82, 2.24) is 10.1 Å². The monoisotopic (exact) mass is 261 g/mol. The highest BCUT2D eigenvalue weighted by molar-refractivity contribution is 5.16. The third-order valence-electron chi connectivity index (χ3n) is 2.77. The molecule has 0 saturated carbocycles. The fraction of sp³-hybridized carbons (Fsp3) is 0.429. The molecule has 0 saturated heterocycles. The molecular formula is C14H19N3O2. The standard InChI is InChI=1S/C14H19N3O2/c1-2-18-9-8-13-16-14(19-17-13)12(15)10-11-6-4-3-5-7-11/h3-7,12H,2,8-10,15H2,1H3/t12-/m0/s1. The van der Waals surface area contributed by atoms with Crippen LogP contribution in [0.2, 0.25) is 0 Å². The van der Waals surface area contributed by atoms with Crippen molar-refractivity contribution >= 4 is 0 Å². The number of ether oxygens (including phenoxy) is 1. The number of hydrogen-bond donors (Lipinski definition) is 1. The molecule has 0 unspecified atom stereocenters. The average Bonchev–Trinajstić information content (AvgIpc) is 2.89. The molecule has 19 heavy (non-hydrogen) atoms. The minimum atomic E-state index is -0.268. The number of aromatic nitrogens is 2. The summed E-state index contributed by atoms with van der Waals surface area (Å²) >= 11 is 0. The normalized spacial score (nSPS) is 12.5. The van der Waals surface area contributed by atoms with Gasteiger partial charge in [-0.05, 0) is 18.9 Å². The maximum absolute atomic E-state index is 6.07. The molecule has 1 atom stereocenters. The average molecular weight is 261 g/mol. The van der Waals surface area contributed by atoms with Crippen molar-refractivity contribution in [3.63, 3.8) is 0 Å². The molecule has 0 fully saturated rings. The molecule has 0 aliphatic heterocycles. The molecule has 2 N–H and O–H groups in total. The van der Waals surface area contributed by atoms with Gasteiger partial charge >= 0.3 is 0 Å². The smallest absolute Gasteiger partial charge is 0.243 e. The Morgan fingerprint density at radius 2 is 2.11 bits per heavy atom. The second-order valence-corrected chi connectivity index (χ2v) is 4.29. The van der Waals surface area contributed by atoms with Crippen LogP contribution in [0.5, 0.6) is 0 Å². The quantitative estimate of drug-likeness (QED) is 0.770. The van der Waals surface area contributed by atoms with Gasteiger partial charge in [0, 0.05) is 13.0 Å². The summed E-state index contributed by atoms with van der Waals surface area (Å²) in [6.07, 6.45) is 1.34. The summed E-state index contributed by atoms with van der Waals surface area (Å²) in [6, 6.07) is 9.76. The molecule has 0 aliphatic carbocycles. The van der Waals surface area contributed by atoms with Gasteiger partial charge in [0.15, 0.2) is 5.82 Å².